The van der Waals surface area contributed by atoms with Crippen LogP contribution in [0.2, 0.25) is 15.1 Å². The second-order valence-corrected chi connectivity index (χ2v) is 7.93. The molecule has 0 fully saturated rings. The molecule has 0 aliphatic carbocycles. The average Bonchev–Trinajstić information content (AvgIpc) is 2.68. The van der Waals surface area contributed by atoms with Gasteiger partial charge in [0.25, 0.3) is 5.91 Å². The van der Waals surface area contributed by atoms with E-state index in [4.69, 9.17) is 39.5 Å². The normalized spacial score (nSPS) is 11.7. The molecule has 0 aliphatic heterocycles. The lowest BCUT2D eigenvalue weighted by molar-refractivity contribution is -0.142. The van der Waals surface area contributed by atoms with Gasteiger partial charge in [0.2, 0.25) is 5.91 Å². The molecule has 0 unspecified atom stereocenters. The summed E-state index contributed by atoms with van der Waals surface area (Å²) in [5, 5.41) is 4.14. The summed E-state index contributed by atoms with van der Waals surface area (Å²) in [4.78, 5) is 26.5. The van der Waals surface area contributed by atoms with Gasteiger partial charge in [0, 0.05) is 28.7 Å². The van der Waals surface area contributed by atoms with Crippen LogP contribution in [0.15, 0.2) is 30.3 Å². The summed E-state index contributed by atoms with van der Waals surface area (Å²) in [6, 6.07) is 7.84. The Morgan fingerprint density at radius 2 is 1.72 bits per heavy atom. The number of rotatable bonds is 7. The summed E-state index contributed by atoms with van der Waals surface area (Å²) in [5.41, 5.74) is 2.40. The van der Waals surface area contributed by atoms with E-state index >= 15 is 0 Å². The molecule has 5 nitrogen and oxygen atoms in total. The van der Waals surface area contributed by atoms with Gasteiger partial charge in [-0.1, -0.05) is 40.9 Å². The van der Waals surface area contributed by atoms with Crippen molar-refractivity contribution in [3.05, 3.63) is 62.1 Å². The Balaban J connectivity index is 2.21. The predicted octanol–water partition coefficient (Wildman–Crippen LogP) is 4.81. The highest BCUT2D eigenvalue weighted by molar-refractivity contribution is 6.35. The van der Waals surface area contributed by atoms with Gasteiger partial charge in [-0.05, 0) is 61.7 Å². The number of carbonyl (C=O) groups is 2. The molecule has 2 amide bonds. The van der Waals surface area contributed by atoms with Crippen LogP contribution in [0.1, 0.15) is 23.6 Å². The van der Waals surface area contributed by atoms with Crippen LogP contribution in [0.25, 0.3) is 0 Å². The number of amides is 2. The third-order valence-corrected chi connectivity index (χ3v) is 5.72. The van der Waals surface area contributed by atoms with E-state index in [-0.39, 0.29) is 25.0 Å². The van der Waals surface area contributed by atoms with Gasteiger partial charge in [0.1, 0.15) is 11.8 Å². The SMILES string of the molecule is CNC(=O)[C@H](C)N(Cc1ccc(Cl)cc1Cl)C(=O)COc1cc(C)c(Cl)c(C)c1. The molecule has 0 saturated carbocycles. The van der Waals surface area contributed by atoms with E-state index in [0.29, 0.717) is 26.4 Å². The van der Waals surface area contributed by atoms with Crippen LogP contribution in [0.5, 0.6) is 5.75 Å². The smallest absolute Gasteiger partial charge is 0.261 e. The number of halogens is 3. The van der Waals surface area contributed by atoms with Crippen molar-refractivity contribution in [1.82, 2.24) is 10.2 Å². The summed E-state index contributed by atoms with van der Waals surface area (Å²) in [6.45, 7) is 5.30. The first-order valence-electron chi connectivity index (χ1n) is 8.98. The van der Waals surface area contributed by atoms with Crippen LogP contribution in [0, 0.1) is 13.8 Å². The van der Waals surface area contributed by atoms with Crippen LogP contribution in [-0.4, -0.2) is 36.4 Å². The Morgan fingerprint density at radius 3 is 2.28 bits per heavy atom. The zero-order valence-corrected chi connectivity index (χ0v) is 19.0. The first kappa shape index (κ1) is 23.3. The van der Waals surface area contributed by atoms with E-state index in [1.165, 1.54) is 11.9 Å². The van der Waals surface area contributed by atoms with Crippen molar-refractivity contribution in [3.63, 3.8) is 0 Å². The first-order chi connectivity index (χ1) is 13.6. The number of hydrogen-bond acceptors (Lipinski definition) is 3. The topological polar surface area (TPSA) is 58.6 Å². The summed E-state index contributed by atoms with van der Waals surface area (Å²) in [6.07, 6.45) is 0. The Hall–Kier alpha value is -1.95. The van der Waals surface area contributed by atoms with Crippen molar-refractivity contribution in [1.29, 1.82) is 0 Å². The molecule has 2 rings (SSSR count). The van der Waals surface area contributed by atoms with Gasteiger partial charge in [-0.3, -0.25) is 9.59 Å². The number of likely N-dealkylation sites (N-methyl/N-ethyl adjacent to an activating group) is 1. The van der Waals surface area contributed by atoms with E-state index in [1.807, 2.05) is 13.8 Å². The number of nitrogens with zero attached hydrogens (tertiary/aromatic N) is 1. The Morgan fingerprint density at radius 1 is 1.10 bits per heavy atom. The fourth-order valence-corrected chi connectivity index (χ4v) is 3.42. The number of nitrogens with one attached hydrogen (secondary N) is 1. The number of ether oxygens (including phenoxy) is 1. The third kappa shape index (κ3) is 6.01. The molecule has 1 N–H and O–H groups in total. The second kappa shape index (κ2) is 10.2. The lowest BCUT2D eigenvalue weighted by Crippen LogP contribution is -2.48. The Bertz CT molecular complexity index is 895. The van der Waals surface area contributed by atoms with Gasteiger partial charge in [0.15, 0.2) is 6.61 Å². The zero-order chi connectivity index (χ0) is 21.7. The fraction of sp³-hybridized carbons (Fsp3) is 0.333. The van der Waals surface area contributed by atoms with Crippen LogP contribution in [0.3, 0.4) is 0 Å². The molecule has 29 heavy (non-hydrogen) atoms. The molecule has 0 radical (unpaired) electrons. The van der Waals surface area contributed by atoms with Crippen LogP contribution < -0.4 is 10.1 Å². The number of carbonyl (C=O) groups excluding carboxylic acids is 2. The van der Waals surface area contributed by atoms with Crippen molar-refractivity contribution < 1.29 is 14.3 Å². The van der Waals surface area contributed by atoms with Crippen molar-refractivity contribution >= 4 is 46.6 Å². The minimum atomic E-state index is -0.712. The van der Waals surface area contributed by atoms with Crippen molar-refractivity contribution in [2.45, 2.75) is 33.4 Å². The highest BCUT2D eigenvalue weighted by Crippen LogP contribution is 2.26. The van der Waals surface area contributed by atoms with Crippen LogP contribution >= 0.6 is 34.8 Å². The monoisotopic (exact) mass is 456 g/mol. The molecular weight excluding hydrogens is 435 g/mol. The van der Waals surface area contributed by atoms with E-state index in [9.17, 15) is 9.59 Å². The molecule has 2 aromatic rings. The van der Waals surface area contributed by atoms with Gasteiger partial charge in [-0.25, -0.2) is 0 Å². The maximum absolute atomic E-state index is 12.9. The molecule has 0 heterocycles. The maximum atomic E-state index is 12.9. The molecule has 0 aliphatic rings. The van der Waals surface area contributed by atoms with Gasteiger partial charge in [0.05, 0.1) is 0 Å². The van der Waals surface area contributed by atoms with E-state index in [2.05, 4.69) is 5.32 Å². The summed E-state index contributed by atoms with van der Waals surface area (Å²) >= 11 is 18.4. The van der Waals surface area contributed by atoms with Crippen molar-refractivity contribution in [3.8, 4) is 5.75 Å². The Labute approximate surface area is 185 Å². The van der Waals surface area contributed by atoms with Crippen molar-refractivity contribution in [2.75, 3.05) is 13.7 Å². The second-order valence-electron chi connectivity index (χ2n) is 6.71. The molecule has 0 saturated heterocycles. The van der Waals surface area contributed by atoms with Gasteiger partial charge >= 0.3 is 0 Å². The molecule has 0 aromatic heterocycles. The number of hydrogen-bond donors (Lipinski definition) is 1. The fourth-order valence-electron chi connectivity index (χ4n) is 2.84. The molecule has 8 heteroatoms. The molecule has 2 aromatic carbocycles. The van der Waals surface area contributed by atoms with E-state index < -0.39 is 6.04 Å². The number of benzene rings is 2. The zero-order valence-electron chi connectivity index (χ0n) is 16.7. The quantitative estimate of drug-likeness (QED) is 0.649. The van der Waals surface area contributed by atoms with Gasteiger partial charge in [-0.15, -0.1) is 0 Å². The molecule has 0 spiro atoms. The number of aryl methyl sites for hydroxylation is 2. The lowest BCUT2D eigenvalue weighted by Gasteiger charge is -2.28. The summed E-state index contributed by atoms with van der Waals surface area (Å²) in [5.74, 6) is -0.103. The first-order valence-corrected chi connectivity index (χ1v) is 10.1. The standard InChI is InChI=1S/C21H23Cl3N2O3/c1-12-7-17(8-13(2)20(12)24)29-11-19(27)26(14(3)21(28)25-4)10-15-5-6-16(22)9-18(15)23/h5-9,14H,10-11H2,1-4H3,(H,25,28)/t14-/m0/s1. The molecule has 0 bridgehead atoms. The van der Waals surface area contributed by atoms with E-state index in [0.717, 1.165) is 11.1 Å². The van der Waals surface area contributed by atoms with Crippen LogP contribution in [-0.2, 0) is 16.1 Å². The Kier molecular flexibility index (Phi) is 8.20. The third-order valence-electron chi connectivity index (χ3n) is 4.54. The summed E-state index contributed by atoms with van der Waals surface area (Å²) < 4.78 is 5.68. The average molecular weight is 458 g/mol. The maximum Gasteiger partial charge on any atom is 0.261 e. The summed E-state index contributed by atoms with van der Waals surface area (Å²) in [7, 11) is 1.52. The molecular formula is C21H23Cl3N2O3. The molecule has 156 valence electrons. The van der Waals surface area contributed by atoms with Gasteiger partial charge in [-0.2, -0.15) is 0 Å². The van der Waals surface area contributed by atoms with Crippen molar-refractivity contribution in [2.24, 2.45) is 0 Å². The largest absolute Gasteiger partial charge is 0.484 e. The van der Waals surface area contributed by atoms with Gasteiger partial charge < -0.3 is 15.0 Å². The lowest BCUT2D eigenvalue weighted by atomic mass is 10.1. The van der Waals surface area contributed by atoms with Crippen LogP contribution in [0.4, 0.5) is 0 Å². The minimum absolute atomic E-state index is 0.144. The highest BCUT2D eigenvalue weighted by atomic mass is 35.5. The molecule has 1 atom stereocenters. The predicted molar refractivity (Wildman–Crippen MR) is 117 cm³/mol. The minimum Gasteiger partial charge on any atom is -0.484 e. The highest BCUT2D eigenvalue weighted by Gasteiger charge is 2.26. The van der Waals surface area contributed by atoms with E-state index in [1.54, 1.807) is 37.3 Å².